The van der Waals surface area contributed by atoms with E-state index in [4.69, 9.17) is 23.2 Å². The van der Waals surface area contributed by atoms with Gasteiger partial charge in [0.1, 0.15) is 5.75 Å². The van der Waals surface area contributed by atoms with Crippen LogP contribution in [0.5, 0.6) is 5.75 Å². The largest absolute Gasteiger partial charge is 0.506 e. The second kappa shape index (κ2) is 13.2. The zero-order chi connectivity index (χ0) is 29.7. The van der Waals surface area contributed by atoms with Crippen LogP contribution >= 0.6 is 23.2 Å². The van der Waals surface area contributed by atoms with Crippen LogP contribution in [0.1, 0.15) is 47.8 Å². The molecule has 0 bridgehead atoms. The molecule has 0 aliphatic carbocycles. The normalized spacial score (nSPS) is 12.7. The number of aliphatic hydroxyl groups is 1. The van der Waals surface area contributed by atoms with Gasteiger partial charge in [0.2, 0.25) is 15.9 Å². The van der Waals surface area contributed by atoms with Crippen LogP contribution in [-0.2, 0) is 34.2 Å². The molecule has 0 saturated carbocycles. The van der Waals surface area contributed by atoms with Crippen LogP contribution in [0.2, 0.25) is 10.0 Å². The predicted octanol–water partition coefficient (Wildman–Crippen LogP) is 4.88. The minimum atomic E-state index is -3.59. The monoisotopic (exact) mass is 607 g/mol. The van der Waals surface area contributed by atoms with Gasteiger partial charge < -0.3 is 20.8 Å². The van der Waals surface area contributed by atoms with Gasteiger partial charge in [-0.25, -0.2) is 8.42 Å². The van der Waals surface area contributed by atoms with Crippen LogP contribution in [0.25, 0.3) is 0 Å². The fourth-order valence-electron chi connectivity index (χ4n) is 4.35. The summed E-state index contributed by atoms with van der Waals surface area (Å²) in [5, 5.41) is 28.0. The number of aromatic hydroxyl groups is 1. The van der Waals surface area contributed by atoms with Crippen LogP contribution in [0, 0.1) is 6.92 Å². The average molecular weight is 609 g/mol. The molecule has 0 spiro atoms. The zero-order valence-electron chi connectivity index (χ0n) is 22.9. The maximum Gasteiger partial charge on any atom is 0.229 e. The molecular formula is C29H35Cl2N3O5S. The van der Waals surface area contributed by atoms with Crippen molar-refractivity contribution in [3.8, 4) is 5.75 Å². The number of aliphatic hydroxyl groups excluding tert-OH is 1. The van der Waals surface area contributed by atoms with Gasteiger partial charge in [0, 0.05) is 28.7 Å². The number of amides is 1. The third-order valence-electron chi connectivity index (χ3n) is 6.32. The summed E-state index contributed by atoms with van der Waals surface area (Å²) < 4.78 is 25.3. The number of benzene rings is 3. The van der Waals surface area contributed by atoms with Crippen molar-refractivity contribution in [1.82, 2.24) is 10.6 Å². The molecule has 0 aliphatic rings. The first-order chi connectivity index (χ1) is 18.6. The number of anilines is 1. The van der Waals surface area contributed by atoms with E-state index in [-0.39, 0.29) is 30.3 Å². The van der Waals surface area contributed by atoms with Gasteiger partial charge >= 0.3 is 0 Å². The van der Waals surface area contributed by atoms with Crippen molar-refractivity contribution >= 4 is 44.8 Å². The summed E-state index contributed by atoms with van der Waals surface area (Å²) in [6, 6.07) is 15.6. The molecule has 8 nitrogen and oxygen atoms in total. The standard InChI is InChI=1S/C29H35Cl2N3O5S/c1-18-10-22(30)14-24(31)23(18)16-32-28(37)12-19-6-5-7-20(11-19)15-29(2,3)33-17-27(36)21-8-9-26(35)25(13-21)34-40(4,38)39/h5-11,13-14,27,33-36H,12,15-17H2,1-4H3,(H,32,37)/t27-/m0/s1. The third-order valence-corrected chi connectivity index (χ3v) is 7.47. The first kappa shape index (κ1) is 31.7. The first-order valence-corrected chi connectivity index (χ1v) is 15.3. The lowest BCUT2D eigenvalue weighted by Gasteiger charge is -2.28. The topological polar surface area (TPSA) is 128 Å². The molecule has 0 heterocycles. The van der Waals surface area contributed by atoms with Gasteiger partial charge in [0.15, 0.2) is 0 Å². The second-order valence-electron chi connectivity index (χ2n) is 10.6. The molecule has 11 heteroatoms. The number of phenolic OH excluding ortho intramolecular Hbond substituents is 1. The smallest absolute Gasteiger partial charge is 0.229 e. The SMILES string of the molecule is Cc1cc(Cl)cc(Cl)c1CNC(=O)Cc1cccc(CC(C)(C)NC[C@H](O)c2ccc(O)c(NS(C)(=O)=O)c2)c1. The number of aryl methyl sites for hydroxylation is 1. The lowest BCUT2D eigenvalue weighted by Crippen LogP contribution is -2.43. The van der Waals surface area contributed by atoms with E-state index in [1.807, 2.05) is 51.1 Å². The fourth-order valence-corrected chi connectivity index (χ4v) is 5.57. The molecule has 0 aromatic heterocycles. The van der Waals surface area contributed by atoms with Gasteiger partial charge in [-0.05, 0) is 79.3 Å². The van der Waals surface area contributed by atoms with Crippen molar-refractivity contribution in [3.63, 3.8) is 0 Å². The molecular weight excluding hydrogens is 573 g/mol. The molecule has 0 fully saturated rings. The highest BCUT2D eigenvalue weighted by atomic mass is 35.5. The number of hydrogen-bond donors (Lipinski definition) is 5. The summed E-state index contributed by atoms with van der Waals surface area (Å²) in [5.41, 5.74) is 3.70. The molecule has 0 radical (unpaired) electrons. The molecule has 3 aromatic rings. The average Bonchev–Trinajstić information content (AvgIpc) is 2.82. The van der Waals surface area contributed by atoms with Crippen molar-refractivity contribution in [2.45, 2.75) is 51.8 Å². The Morgan fingerprint density at radius 1 is 1.05 bits per heavy atom. The molecule has 1 atom stereocenters. The van der Waals surface area contributed by atoms with E-state index in [1.165, 1.54) is 12.1 Å². The van der Waals surface area contributed by atoms with Crippen molar-refractivity contribution in [1.29, 1.82) is 0 Å². The number of carbonyl (C=O) groups excluding carboxylic acids is 1. The molecule has 40 heavy (non-hydrogen) atoms. The maximum atomic E-state index is 12.6. The van der Waals surface area contributed by atoms with E-state index in [0.717, 1.165) is 28.5 Å². The Hall–Kier alpha value is -2.82. The minimum absolute atomic E-state index is 0.00515. The lowest BCUT2D eigenvalue weighted by molar-refractivity contribution is -0.120. The molecule has 0 saturated heterocycles. The first-order valence-electron chi connectivity index (χ1n) is 12.6. The number of sulfonamides is 1. The van der Waals surface area contributed by atoms with E-state index in [1.54, 1.807) is 12.1 Å². The fraction of sp³-hybridized carbons (Fsp3) is 0.345. The highest BCUT2D eigenvalue weighted by Gasteiger charge is 2.21. The van der Waals surface area contributed by atoms with Crippen LogP contribution in [0.4, 0.5) is 5.69 Å². The summed E-state index contributed by atoms with van der Waals surface area (Å²) >= 11 is 12.3. The maximum absolute atomic E-state index is 12.6. The van der Waals surface area contributed by atoms with E-state index in [2.05, 4.69) is 15.4 Å². The number of β-amino-alcohol motifs (C(OH)–C–C–N with tert-alkyl or cyclic N) is 1. The molecule has 3 rings (SSSR count). The van der Waals surface area contributed by atoms with Crippen LogP contribution < -0.4 is 15.4 Å². The predicted molar refractivity (Wildman–Crippen MR) is 161 cm³/mol. The number of rotatable bonds is 12. The van der Waals surface area contributed by atoms with Crippen molar-refractivity contribution in [3.05, 3.63) is 92.5 Å². The van der Waals surface area contributed by atoms with Crippen molar-refractivity contribution < 1.29 is 23.4 Å². The van der Waals surface area contributed by atoms with Gasteiger partial charge in [-0.2, -0.15) is 0 Å². The summed E-state index contributed by atoms with van der Waals surface area (Å²) in [6.45, 7) is 6.42. The minimum Gasteiger partial charge on any atom is -0.506 e. The number of phenols is 1. The molecule has 3 aromatic carbocycles. The zero-order valence-corrected chi connectivity index (χ0v) is 25.2. The van der Waals surface area contributed by atoms with E-state index in [0.29, 0.717) is 28.6 Å². The Labute approximate surface area is 245 Å². The highest BCUT2D eigenvalue weighted by Crippen LogP contribution is 2.28. The summed E-state index contributed by atoms with van der Waals surface area (Å²) in [6.07, 6.45) is 0.896. The molecule has 0 aliphatic heterocycles. The Balaban J connectivity index is 1.57. The Bertz CT molecular complexity index is 1460. The molecule has 0 unspecified atom stereocenters. The van der Waals surface area contributed by atoms with Crippen LogP contribution in [0.15, 0.2) is 54.6 Å². The van der Waals surface area contributed by atoms with Gasteiger partial charge in [0.25, 0.3) is 0 Å². The van der Waals surface area contributed by atoms with Gasteiger partial charge in [-0.1, -0.05) is 53.5 Å². The summed E-state index contributed by atoms with van der Waals surface area (Å²) in [4.78, 5) is 12.6. The van der Waals surface area contributed by atoms with Gasteiger partial charge in [0.05, 0.1) is 24.5 Å². The molecule has 5 N–H and O–H groups in total. The van der Waals surface area contributed by atoms with Crippen LogP contribution in [-0.4, -0.2) is 42.9 Å². The molecule has 1 amide bonds. The molecule has 216 valence electrons. The van der Waals surface area contributed by atoms with Gasteiger partial charge in [-0.15, -0.1) is 0 Å². The number of nitrogens with one attached hydrogen (secondary N) is 3. The lowest BCUT2D eigenvalue weighted by atomic mass is 9.93. The van der Waals surface area contributed by atoms with Crippen LogP contribution in [0.3, 0.4) is 0 Å². The van der Waals surface area contributed by atoms with Crippen molar-refractivity contribution in [2.24, 2.45) is 0 Å². The van der Waals surface area contributed by atoms with E-state index < -0.39 is 21.7 Å². The van der Waals surface area contributed by atoms with Crippen molar-refractivity contribution in [2.75, 3.05) is 17.5 Å². The quantitative estimate of drug-likeness (QED) is 0.187. The van der Waals surface area contributed by atoms with Gasteiger partial charge in [-0.3, -0.25) is 9.52 Å². The second-order valence-corrected chi connectivity index (χ2v) is 13.2. The Morgan fingerprint density at radius 2 is 1.75 bits per heavy atom. The highest BCUT2D eigenvalue weighted by molar-refractivity contribution is 7.92. The van der Waals surface area contributed by atoms with E-state index >= 15 is 0 Å². The summed E-state index contributed by atoms with van der Waals surface area (Å²) in [7, 11) is -3.59. The summed E-state index contributed by atoms with van der Waals surface area (Å²) in [5.74, 6) is -0.353. The van der Waals surface area contributed by atoms with E-state index in [9.17, 15) is 23.4 Å². The number of carbonyl (C=O) groups is 1. The third kappa shape index (κ3) is 9.67. The Morgan fingerprint density at radius 3 is 2.42 bits per heavy atom. The number of halogens is 2. The number of hydrogen-bond acceptors (Lipinski definition) is 6. The Kier molecular flexibility index (Phi) is 10.5.